The van der Waals surface area contributed by atoms with Gasteiger partial charge in [-0.2, -0.15) is 0 Å². The van der Waals surface area contributed by atoms with Crippen LogP contribution in [0, 0.1) is 0 Å². The Morgan fingerprint density at radius 2 is 1.21 bits per heavy atom. The van der Waals surface area contributed by atoms with Crippen LogP contribution in [-0.2, 0) is 17.1 Å². The van der Waals surface area contributed by atoms with E-state index < -0.39 is 0 Å². The van der Waals surface area contributed by atoms with Crippen molar-refractivity contribution in [2.75, 3.05) is 13.2 Å². The second kappa shape index (κ2) is 12.4. The minimum absolute atomic E-state index is 0. The van der Waals surface area contributed by atoms with E-state index in [-0.39, 0.29) is 17.1 Å². The zero-order valence-electron chi connectivity index (χ0n) is 11.4. The van der Waals surface area contributed by atoms with Crippen LogP contribution in [0.1, 0.15) is 38.5 Å². The first-order valence-corrected chi connectivity index (χ1v) is 6.77. The number of hydrogen-bond acceptors (Lipinski definition) is 2. The van der Waals surface area contributed by atoms with Crippen LogP contribution in [0.25, 0.3) is 0 Å². The van der Waals surface area contributed by atoms with Crippen LogP contribution < -0.4 is 0 Å². The molecule has 19 heavy (non-hydrogen) atoms. The minimum atomic E-state index is 0. The van der Waals surface area contributed by atoms with Crippen molar-refractivity contribution in [1.29, 1.82) is 0 Å². The van der Waals surface area contributed by atoms with Crippen molar-refractivity contribution >= 4 is 0 Å². The Morgan fingerprint density at radius 3 is 1.47 bits per heavy atom. The summed E-state index contributed by atoms with van der Waals surface area (Å²) in [5, 5.41) is 17.0. The van der Waals surface area contributed by atoms with Gasteiger partial charge in [0.2, 0.25) is 0 Å². The zero-order chi connectivity index (χ0) is 13.1. The summed E-state index contributed by atoms with van der Waals surface area (Å²) in [5.74, 6) is 0. The topological polar surface area (TPSA) is 40.5 Å². The summed E-state index contributed by atoms with van der Waals surface area (Å²) in [6.07, 6.45) is 18.8. The maximum absolute atomic E-state index is 8.48. The van der Waals surface area contributed by atoms with Gasteiger partial charge >= 0.3 is 0 Å². The molecule has 108 valence electrons. The van der Waals surface area contributed by atoms with Crippen molar-refractivity contribution in [3.05, 3.63) is 47.6 Å². The van der Waals surface area contributed by atoms with Gasteiger partial charge in [0.15, 0.2) is 0 Å². The van der Waals surface area contributed by atoms with Crippen LogP contribution in [0.5, 0.6) is 0 Å². The molecule has 0 spiro atoms. The number of allylic oxidation sites excluding steroid dienone is 8. The van der Waals surface area contributed by atoms with Crippen LogP contribution in [0.2, 0.25) is 0 Å². The fourth-order valence-corrected chi connectivity index (χ4v) is 1.97. The summed E-state index contributed by atoms with van der Waals surface area (Å²) in [4.78, 5) is 0. The van der Waals surface area contributed by atoms with Gasteiger partial charge in [-0.25, -0.2) is 0 Å². The molecule has 3 heteroatoms. The van der Waals surface area contributed by atoms with Gasteiger partial charge in [0.05, 0.1) is 0 Å². The molecule has 2 aliphatic carbocycles. The molecule has 2 N–H and O–H groups in total. The fourth-order valence-electron chi connectivity index (χ4n) is 1.97. The van der Waals surface area contributed by atoms with Crippen molar-refractivity contribution in [3.8, 4) is 0 Å². The van der Waals surface area contributed by atoms with E-state index in [4.69, 9.17) is 10.2 Å². The minimum Gasteiger partial charge on any atom is -0.396 e. The van der Waals surface area contributed by atoms with Crippen LogP contribution in [0.15, 0.2) is 47.6 Å². The SMILES string of the molecule is OCCCC1=CC=CC1.OCCCC1=CC=CC1.[Fe]. The average Bonchev–Trinajstić information content (AvgIpc) is 3.07. The van der Waals surface area contributed by atoms with Crippen LogP contribution in [0.4, 0.5) is 0 Å². The van der Waals surface area contributed by atoms with Gasteiger partial charge in [0, 0.05) is 30.3 Å². The van der Waals surface area contributed by atoms with Crippen molar-refractivity contribution < 1.29 is 27.3 Å². The maximum atomic E-state index is 8.48. The van der Waals surface area contributed by atoms with Gasteiger partial charge in [-0.05, 0) is 38.5 Å². The third-order valence-corrected chi connectivity index (χ3v) is 3.01. The van der Waals surface area contributed by atoms with E-state index in [0.717, 1.165) is 38.5 Å². The first-order chi connectivity index (χ1) is 8.86. The largest absolute Gasteiger partial charge is 0.396 e. The molecule has 0 aromatic carbocycles. The van der Waals surface area contributed by atoms with Gasteiger partial charge in [-0.3, -0.25) is 0 Å². The first-order valence-electron chi connectivity index (χ1n) is 6.77. The van der Waals surface area contributed by atoms with E-state index in [9.17, 15) is 0 Å². The number of rotatable bonds is 6. The van der Waals surface area contributed by atoms with Gasteiger partial charge in [-0.1, -0.05) is 47.6 Å². The van der Waals surface area contributed by atoms with Gasteiger partial charge in [0.1, 0.15) is 0 Å². The summed E-state index contributed by atoms with van der Waals surface area (Å²) < 4.78 is 0. The summed E-state index contributed by atoms with van der Waals surface area (Å²) in [5.41, 5.74) is 2.90. The molecule has 0 atom stereocenters. The first kappa shape index (κ1) is 18.4. The monoisotopic (exact) mass is 304 g/mol. The van der Waals surface area contributed by atoms with Gasteiger partial charge < -0.3 is 10.2 Å². The average molecular weight is 304 g/mol. The molecule has 0 saturated heterocycles. The third-order valence-electron chi connectivity index (χ3n) is 3.01. The Hall–Kier alpha value is -0.601. The molecule has 0 unspecified atom stereocenters. The Balaban J connectivity index is 0.000000324. The van der Waals surface area contributed by atoms with Crippen LogP contribution in [-0.4, -0.2) is 23.4 Å². The summed E-state index contributed by atoms with van der Waals surface area (Å²) >= 11 is 0. The molecule has 0 radical (unpaired) electrons. The van der Waals surface area contributed by atoms with Crippen molar-refractivity contribution in [2.45, 2.75) is 38.5 Å². The van der Waals surface area contributed by atoms with E-state index >= 15 is 0 Å². The molecule has 0 aromatic heterocycles. The fraction of sp³-hybridized carbons (Fsp3) is 0.500. The Kier molecular flexibility index (Phi) is 12.0. The molecule has 0 heterocycles. The van der Waals surface area contributed by atoms with Crippen molar-refractivity contribution in [3.63, 3.8) is 0 Å². The van der Waals surface area contributed by atoms with Crippen LogP contribution in [0.3, 0.4) is 0 Å². The van der Waals surface area contributed by atoms with Crippen molar-refractivity contribution in [1.82, 2.24) is 0 Å². The smallest absolute Gasteiger partial charge is 0.0434 e. The molecule has 2 nitrogen and oxygen atoms in total. The number of aliphatic hydroxyl groups excluding tert-OH is 2. The maximum Gasteiger partial charge on any atom is 0.0434 e. The Morgan fingerprint density at radius 1 is 0.789 bits per heavy atom. The van der Waals surface area contributed by atoms with Gasteiger partial charge in [-0.15, -0.1) is 0 Å². The predicted molar refractivity (Wildman–Crippen MR) is 76.3 cm³/mol. The molecule has 0 aromatic rings. The van der Waals surface area contributed by atoms with Gasteiger partial charge in [0.25, 0.3) is 0 Å². The second-order valence-electron chi connectivity index (χ2n) is 4.57. The molecule has 0 saturated carbocycles. The van der Waals surface area contributed by atoms with E-state index in [1.807, 2.05) is 0 Å². The molecule has 2 aliphatic rings. The van der Waals surface area contributed by atoms with E-state index in [1.165, 1.54) is 11.1 Å². The Bertz CT molecular complexity index is 307. The summed E-state index contributed by atoms with van der Waals surface area (Å²) in [7, 11) is 0. The van der Waals surface area contributed by atoms with Crippen molar-refractivity contribution in [2.24, 2.45) is 0 Å². The standard InChI is InChI=1S/2C8H12O.Fe/c2*9-7-3-6-8-4-1-2-5-8;/h2*1-2,4,9H,3,5-7H2;. The van der Waals surface area contributed by atoms with E-state index in [0.29, 0.717) is 13.2 Å². The zero-order valence-corrected chi connectivity index (χ0v) is 12.5. The van der Waals surface area contributed by atoms with E-state index in [2.05, 4.69) is 36.5 Å². The molecule has 2 rings (SSSR count). The molecule has 0 amide bonds. The summed E-state index contributed by atoms with van der Waals surface area (Å²) in [6, 6.07) is 0. The molecule has 0 aliphatic heterocycles. The molecule has 0 fully saturated rings. The molecular formula is C16H24FeO2. The van der Waals surface area contributed by atoms with Crippen LogP contribution >= 0.6 is 0 Å². The normalized spacial score (nSPS) is 15.5. The second-order valence-corrected chi connectivity index (χ2v) is 4.57. The molecular weight excluding hydrogens is 280 g/mol. The van der Waals surface area contributed by atoms with E-state index in [1.54, 1.807) is 0 Å². The molecule has 0 bridgehead atoms. The Labute approximate surface area is 127 Å². The third kappa shape index (κ3) is 9.01. The predicted octanol–water partition coefficient (Wildman–Crippen LogP) is 3.29. The number of hydrogen-bond donors (Lipinski definition) is 2. The quantitative estimate of drug-likeness (QED) is 0.739. The summed E-state index contributed by atoms with van der Waals surface area (Å²) in [6.45, 7) is 0.634. The number of aliphatic hydroxyl groups is 2.